The Bertz CT molecular complexity index is 1470. The number of hydrogen-bond acceptors (Lipinski definition) is 7. The maximum absolute atomic E-state index is 12.5. The van der Waals surface area contributed by atoms with Gasteiger partial charge in [0.1, 0.15) is 22.3 Å². The van der Waals surface area contributed by atoms with Gasteiger partial charge < -0.3 is 9.50 Å². The molecule has 0 aliphatic carbocycles. The van der Waals surface area contributed by atoms with Gasteiger partial charge in [0.25, 0.3) is 11.6 Å². The van der Waals surface area contributed by atoms with Gasteiger partial charge in [-0.3, -0.25) is 14.9 Å². The molecule has 34 heavy (non-hydrogen) atoms. The number of anilines is 1. The summed E-state index contributed by atoms with van der Waals surface area (Å²) in [4.78, 5) is 22.3. The standard InChI is InChI=1S/C22H13Cl2N3O6S/c23-19-8-3-9-20(21(19)24)26-22(28)15(13-25)10-14-4-1-6-17(11-14)33-34(31,32)18-7-2-5-16(12-18)27(29)30/h1-12H,(H,26,28)/b15-10+. The van der Waals surface area contributed by atoms with Crippen LogP contribution in [0.15, 0.2) is 77.2 Å². The molecule has 0 fully saturated rings. The molecule has 0 aliphatic heterocycles. The highest BCUT2D eigenvalue weighted by Crippen LogP contribution is 2.30. The van der Waals surface area contributed by atoms with Crippen LogP contribution in [0.4, 0.5) is 11.4 Å². The van der Waals surface area contributed by atoms with E-state index in [9.17, 15) is 28.6 Å². The van der Waals surface area contributed by atoms with Crippen molar-refractivity contribution in [2.24, 2.45) is 0 Å². The zero-order valence-corrected chi connectivity index (χ0v) is 19.3. The average Bonchev–Trinajstić information content (AvgIpc) is 2.80. The van der Waals surface area contributed by atoms with Crippen molar-refractivity contribution in [2.45, 2.75) is 4.90 Å². The molecule has 0 unspecified atom stereocenters. The van der Waals surface area contributed by atoms with Crippen molar-refractivity contribution in [3.8, 4) is 11.8 Å². The van der Waals surface area contributed by atoms with Crippen LogP contribution in [0.3, 0.4) is 0 Å². The molecule has 0 heterocycles. The van der Waals surface area contributed by atoms with Gasteiger partial charge in [0.15, 0.2) is 0 Å². The summed E-state index contributed by atoms with van der Waals surface area (Å²) in [6.45, 7) is 0. The summed E-state index contributed by atoms with van der Waals surface area (Å²) in [5.74, 6) is -0.891. The number of nitro benzene ring substituents is 1. The molecule has 3 rings (SSSR count). The zero-order valence-electron chi connectivity index (χ0n) is 16.9. The van der Waals surface area contributed by atoms with Gasteiger partial charge in [-0.15, -0.1) is 0 Å². The topological polar surface area (TPSA) is 139 Å². The van der Waals surface area contributed by atoms with Crippen molar-refractivity contribution in [3.05, 3.63) is 98.0 Å². The van der Waals surface area contributed by atoms with Crippen LogP contribution in [0.1, 0.15) is 5.56 Å². The fraction of sp³-hybridized carbons (Fsp3) is 0. The van der Waals surface area contributed by atoms with E-state index in [1.54, 1.807) is 12.1 Å². The van der Waals surface area contributed by atoms with E-state index in [0.29, 0.717) is 0 Å². The molecule has 0 spiro atoms. The molecule has 1 amide bonds. The number of nitrogens with one attached hydrogen (secondary N) is 1. The number of halogens is 2. The first-order valence-corrected chi connectivity index (χ1v) is 11.4. The Morgan fingerprint density at radius 2 is 1.79 bits per heavy atom. The van der Waals surface area contributed by atoms with Crippen LogP contribution in [0, 0.1) is 21.4 Å². The Morgan fingerprint density at radius 3 is 2.50 bits per heavy atom. The summed E-state index contributed by atoms with van der Waals surface area (Å²) >= 11 is 12.0. The van der Waals surface area contributed by atoms with Gasteiger partial charge in [0, 0.05) is 12.1 Å². The normalized spacial score (nSPS) is 11.4. The van der Waals surface area contributed by atoms with Crippen LogP contribution in [-0.2, 0) is 14.9 Å². The van der Waals surface area contributed by atoms with Gasteiger partial charge in [-0.05, 0) is 42.0 Å². The van der Waals surface area contributed by atoms with Crippen molar-refractivity contribution >= 4 is 56.7 Å². The van der Waals surface area contributed by atoms with Crippen LogP contribution in [0.2, 0.25) is 10.0 Å². The predicted octanol–water partition coefficient (Wildman–Crippen LogP) is 5.21. The molecule has 0 saturated heterocycles. The number of nitriles is 1. The van der Waals surface area contributed by atoms with Crippen molar-refractivity contribution in [1.82, 2.24) is 0 Å². The Hall–Kier alpha value is -3.91. The molecule has 0 atom stereocenters. The lowest BCUT2D eigenvalue weighted by Crippen LogP contribution is -2.13. The zero-order chi connectivity index (χ0) is 24.9. The lowest BCUT2D eigenvalue weighted by Gasteiger charge is -2.09. The number of rotatable bonds is 7. The third kappa shape index (κ3) is 5.90. The Labute approximate surface area is 204 Å². The molecular weight excluding hydrogens is 505 g/mol. The van der Waals surface area contributed by atoms with Gasteiger partial charge in [0.05, 0.1) is 20.7 Å². The number of carbonyl (C=O) groups is 1. The highest BCUT2D eigenvalue weighted by molar-refractivity contribution is 7.87. The minimum Gasteiger partial charge on any atom is -0.379 e. The third-order valence-electron chi connectivity index (χ3n) is 4.26. The van der Waals surface area contributed by atoms with Gasteiger partial charge in [-0.2, -0.15) is 13.7 Å². The van der Waals surface area contributed by atoms with Crippen LogP contribution in [0.25, 0.3) is 6.08 Å². The largest absolute Gasteiger partial charge is 0.379 e. The number of nitro groups is 1. The van der Waals surface area contributed by atoms with Crippen molar-refractivity contribution in [3.63, 3.8) is 0 Å². The smallest absolute Gasteiger partial charge is 0.339 e. The van der Waals surface area contributed by atoms with Crippen LogP contribution < -0.4 is 9.50 Å². The van der Waals surface area contributed by atoms with E-state index in [1.807, 2.05) is 0 Å². The first-order chi connectivity index (χ1) is 16.1. The molecule has 0 radical (unpaired) electrons. The number of non-ortho nitro benzene ring substituents is 1. The summed E-state index contributed by atoms with van der Waals surface area (Å²) in [6.07, 6.45) is 1.22. The van der Waals surface area contributed by atoms with Crippen LogP contribution >= 0.6 is 23.2 Å². The van der Waals surface area contributed by atoms with E-state index in [2.05, 4.69) is 5.32 Å². The monoisotopic (exact) mass is 517 g/mol. The fourth-order valence-corrected chi connectivity index (χ4v) is 4.00. The summed E-state index contributed by atoms with van der Waals surface area (Å²) in [6, 6.07) is 16.4. The van der Waals surface area contributed by atoms with E-state index in [-0.39, 0.29) is 32.6 Å². The lowest BCUT2D eigenvalue weighted by atomic mass is 10.1. The van der Waals surface area contributed by atoms with E-state index in [4.69, 9.17) is 27.4 Å². The molecule has 0 saturated carbocycles. The lowest BCUT2D eigenvalue weighted by molar-refractivity contribution is -0.385. The molecule has 0 aliphatic rings. The maximum atomic E-state index is 12.5. The van der Waals surface area contributed by atoms with Crippen molar-refractivity contribution in [1.29, 1.82) is 5.26 Å². The van der Waals surface area contributed by atoms with Gasteiger partial charge in [-0.1, -0.05) is 47.5 Å². The molecule has 3 aromatic rings. The number of amides is 1. The molecule has 12 heteroatoms. The average molecular weight is 518 g/mol. The highest BCUT2D eigenvalue weighted by atomic mass is 35.5. The van der Waals surface area contributed by atoms with Crippen molar-refractivity contribution in [2.75, 3.05) is 5.32 Å². The van der Waals surface area contributed by atoms with Gasteiger partial charge in [-0.25, -0.2) is 0 Å². The second-order valence-electron chi connectivity index (χ2n) is 6.59. The molecule has 9 nitrogen and oxygen atoms in total. The van der Waals surface area contributed by atoms with Crippen LogP contribution in [-0.4, -0.2) is 19.2 Å². The molecule has 1 N–H and O–H groups in total. The maximum Gasteiger partial charge on any atom is 0.339 e. The molecule has 3 aromatic carbocycles. The second kappa shape index (κ2) is 10.4. The number of nitrogens with zero attached hydrogens (tertiary/aromatic N) is 2. The number of hydrogen-bond donors (Lipinski definition) is 1. The van der Waals surface area contributed by atoms with Gasteiger partial charge >= 0.3 is 10.1 Å². The summed E-state index contributed by atoms with van der Waals surface area (Å²) in [5.41, 5.74) is -0.211. The first kappa shape index (κ1) is 24.7. The summed E-state index contributed by atoms with van der Waals surface area (Å²) in [5, 5.41) is 23.1. The third-order valence-corrected chi connectivity index (χ3v) is 6.32. The van der Waals surface area contributed by atoms with Crippen molar-refractivity contribution < 1.29 is 22.3 Å². The quantitative estimate of drug-likeness (QED) is 0.149. The van der Waals surface area contributed by atoms with Crippen LogP contribution in [0.5, 0.6) is 5.75 Å². The Morgan fingerprint density at radius 1 is 1.09 bits per heavy atom. The fourth-order valence-electron chi connectivity index (χ4n) is 2.69. The Balaban J connectivity index is 1.84. The first-order valence-electron chi connectivity index (χ1n) is 9.27. The molecule has 0 aromatic heterocycles. The molecule has 0 bridgehead atoms. The van der Waals surface area contributed by atoms with Gasteiger partial charge in [0.2, 0.25) is 0 Å². The molecular formula is C22H13Cl2N3O6S. The van der Waals surface area contributed by atoms with E-state index in [0.717, 1.165) is 18.2 Å². The second-order valence-corrected chi connectivity index (χ2v) is 8.92. The highest BCUT2D eigenvalue weighted by Gasteiger charge is 2.20. The Kier molecular flexibility index (Phi) is 7.53. The minimum absolute atomic E-state index is 0.108. The molecule has 172 valence electrons. The minimum atomic E-state index is -4.38. The SMILES string of the molecule is N#C/C(=C\c1cccc(OS(=O)(=O)c2cccc([N+](=O)[O-])c2)c1)C(=O)Nc1cccc(Cl)c1Cl. The summed E-state index contributed by atoms with van der Waals surface area (Å²) in [7, 11) is -4.38. The van der Waals surface area contributed by atoms with E-state index >= 15 is 0 Å². The summed E-state index contributed by atoms with van der Waals surface area (Å²) < 4.78 is 30.1. The number of carbonyl (C=O) groups excluding carboxylic acids is 1. The number of benzene rings is 3. The predicted molar refractivity (Wildman–Crippen MR) is 126 cm³/mol. The van der Waals surface area contributed by atoms with E-state index < -0.39 is 31.5 Å². The van der Waals surface area contributed by atoms with E-state index in [1.165, 1.54) is 48.5 Å².